The Morgan fingerprint density at radius 3 is 2.12 bits per heavy atom. The summed E-state index contributed by atoms with van der Waals surface area (Å²) in [6, 6.07) is 5.40. The molecule has 0 aromatic heterocycles. The molecule has 9 heteroatoms. The van der Waals surface area contributed by atoms with Crippen LogP contribution in [0.25, 0.3) is 0 Å². The van der Waals surface area contributed by atoms with Gasteiger partial charge in [0.1, 0.15) is 17.3 Å². The highest BCUT2D eigenvalue weighted by Crippen LogP contribution is 2.23. The number of halogens is 1. The number of nitrogens with zero attached hydrogens (tertiary/aromatic N) is 1. The summed E-state index contributed by atoms with van der Waals surface area (Å²) in [5, 5.41) is 5.62. The zero-order chi connectivity index (χ0) is 23.6. The molecule has 2 aliphatic carbocycles. The molecule has 0 radical (unpaired) electrons. The van der Waals surface area contributed by atoms with Gasteiger partial charge in [0.15, 0.2) is 0 Å². The van der Waals surface area contributed by atoms with Crippen molar-refractivity contribution in [2.45, 2.75) is 76.3 Å². The molecule has 1 aromatic carbocycles. The van der Waals surface area contributed by atoms with Gasteiger partial charge in [-0.05, 0) is 49.9 Å². The third kappa shape index (κ3) is 8.53. The lowest BCUT2D eigenvalue weighted by Crippen LogP contribution is -2.50. The van der Waals surface area contributed by atoms with Crippen LogP contribution in [-0.2, 0) is 25.2 Å². The van der Waals surface area contributed by atoms with Gasteiger partial charge in [0.2, 0.25) is 17.7 Å². The predicted octanol–water partition coefficient (Wildman–Crippen LogP) is 3.12. The fourth-order valence-electron chi connectivity index (χ4n) is 4.64. The maximum Gasteiger partial charge on any atom is 0.239 e. The summed E-state index contributed by atoms with van der Waals surface area (Å²) < 4.78 is 25.5. The summed E-state index contributed by atoms with van der Waals surface area (Å²) in [5.74, 6) is -2.08. The van der Waals surface area contributed by atoms with Crippen molar-refractivity contribution in [3.8, 4) is 0 Å². The summed E-state index contributed by atoms with van der Waals surface area (Å²) in [6.45, 7) is -0.0288. The number of benzene rings is 1. The van der Waals surface area contributed by atoms with Gasteiger partial charge < -0.3 is 15.5 Å². The van der Waals surface area contributed by atoms with E-state index in [1.807, 2.05) is 0 Å². The molecule has 182 valence electrons. The minimum atomic E-state index is -1.71. The van der Waals surface area contributed by atoms with E-state index in [9.17, 15) is 23.0 Å². The highest BCUT2D eigenvalue weighted by Gasteiger charge is 2.29. The first-order chi connectivity index (χ1) is 15.9. The van der Waals surface area contributed by atoms with E-state index in [2.05, 4.69) is 10.6 Å². The molecule has 0 saturated heterocycles. The molecule has 0 bridgehead atoms. The Balaban J connectivity index is 1.54. The van der Waals surface area contributed by atoms with E-state index in [1.54, 1.807) is 4.90 Å². The molecule has 0 heterocycles. The lowest BCUT2D eigenvalue weighted by atomic mass is 9.94. The van der Waals surface area contributed by atoms with Crippen molar-refractivity contribution in [3.05, 3.63) is 30.1 Å². The number of anilines is 1. The van der Waals surface area contributed by atoms with Gasteiger partial charge in [0.05, 0.1) is 6.54 Å². The minimum Gasteiger partial charge on any atom is -0.352 e. The molecule has 1 atom stereocenters. The van der Waals surface area contributed by atoms with E-state index in [1.165, 1.54) is 30.7 Å². The third-order valence-corrected chi connectivity index (χ3v) is 7.48. The average Bonchev–Trinajstić information content (AvgIpc) is 2.80. The Morgan fingerprint density at radius 1 is 0.879 bits per heavy atom. The lowest BCUT2D eigenvalue weighted by molar-refractivity contribution is -0.137. The van der Waals surface area contributed by atoms with E-state index < -0.39 is 22.5 Å². The van der Waals surface area contributed by atoms with Gasteiger partial charge in [-0.3, -0.25) is 18.6 Å². The van der Waals surface area contributed by atoms with Crippen LogP contribution in [0.5, 0.6) is 0 Å². The first-order valence-electron chi connectivity index (χ1n) is 11.9. The monoisotopic (exact) mass is 479 g/mol. The van der Waals surface area contributed by atoms with Crippen molar-refractivity contribution < 1.29 is 23.0 Å². The Morgan fingerprint density at radius 2 is 1.48 bits per heavy atom. The van der Waals surface area contributed by atoms with Crippen LogP contribution < -0.4 is 10.6 Å². The quantitative estimate of drug-likeness (QED) is 0.569. The average molecular weight is 480 g/mol. The van der Waals surface area contributed by atoms with Crippen LogP contribution in [0.3, 0.4) is 0 Å². The first-order valence-corrected chi connectivity index (χ1v) is 13.4. The van der Waals surface area contributed by atoms with Crippen LogP contribution in [-0.4, -0.2) is 57.0 Å². The molecule has 2 aliphatic rings. The number of hydrogen-bond acceptors (Lipinski definition) is 4. The normalized spacial score (nSPS) is 18.3. The van der Waals surface area contributed by atoms with Crippen LogP contribution >= 0.6 is 0 Å². The smallest absolute Gasteiger partial charge is 0.239 e. The second kappa shape index (κ2) is 12.8. The standard InChI is InChI=1S/C24H34FN3O4S/c25-18-11-13-20(14-12-18)27-23(30)16-33(32)17-24(31)28(21-9-5-2-6-10-21)15-22(29)26-19-7-3-1-4-8-19/h11-14,19,21H,1-10,15-17H2,(H,26,29)(H,27,30). The largest absolute Gasteiger partial charge is 0.352 e. The Bertz CT molecular complexity index is 837. The summed E-state index contributed by atoms with van der Waals surface area (Å²) >= 11 is 0. The van der Waals surface area contributed by atoms with Crippen molar-refractivity contribution in [1.82, 2.24) is 10.2 Å². The van der Waals surface area contributed by atoms with E-state index in [4.69, 9.17) is 0 Å². The molecule has 1 aromatic rings. The fraction of sp³-hybridized carbons (Fsp3) is 0.625. The van der Waals surface area contributed by atoms with Crippen molar-refractivity contribution in [1.29, 1.82) is 0 Å². The van der Waals surface area contributed by atoms with Gasteiger partial charge in [-0.1, -0.05) is 38.5 Å². The summed E-state index contributed by atoms with van der Waals surface area (Å²) in [6.07, 6.45) is 10.1. The predicted molar refractivity (Wildman–Crippen MR) is 127 cm³/mol. The number of nitrogens with one attached hydrogen (secondary N) is 2. The molecule has 2 fully saturated rings. The van der Waals surface area contributed by atoms with Gasteiger partial charge in [-0.25, -0.2) is 4.39 Å². The van der Waals surface area contributed by atoms with Crippen molar-refractivity contribution >= 4 is 34.2 Å². The van der Waals surface area contributed by atoms with E-state index >= 15 is 0 Å². The number of rotatable bonds is 9. The van der Waals surface area contributed by atoms with Crippen LogP contribution in [0.15, 0.2) is 24.3 Å². The maximum atomic E-state index is 13.0. The van der Waals surface area contributed by atoms with Gasteiger partial charge >= 0.3 is 0 Å². The SMILES string of the molecule is O=C(CS(=O)CC(=O)N(CC(=O)NC1CCCCC1)C1CCCCC1)Nc1ccc(F)cc1. The maximum absolute atomic E-state index is 13.0. The highest BCUT2D eigenvalue weighted by atomic mass is 32.2. The summed E-state index contributed by atoms with van der Waals surface area (Å²) in [4.78, 5) is 39.5. The number of amides is 3. The summed E-state index contributed by atoms with van der Waals surface area (Å²) in [7, 11) is -1.71. The fourth-order valence-corrected chi connectivity index (χ4v) is 5.54. The van der Waals surface area contributed by atoms with Crippen LogP contribution in [0.1, 0.15) is 64.2 Å². The molecule has 0 spiro atoms. The van der Waals surface area contributed by atoms with Crippen molar-refractivity contribution in [2.75, 3.05) is 23.4 Å². The Kier molecular flexibility index (Phi) is 9.84. The molecule has 0 aliphatic heterocycles. The van der Waals surface area contributed by atoms with Crippen molar-refractivity contribution in [2.24, 2.45) is 0 Å². The number of carbonyl (C=O) groups is 3. The van der Waals surface area contributed by atoms with Crippen LogP contribution in [0.2, 0.25) is 0 Å². The zero-order valence-corrected chi connectivity index (χ0v) is 19.8. The minimum absolute atomic E-state index is 0.0288. The van der Waals surface area contributed by atoms with E-state index in [-0.39, 0.29) is 41.9 Å². The molecule has 33 heavy (non-hydrogen) atoms. The lowest BCUT2D eigenvalue weighted by Gasteiger charge is -2.34. The van der Waals surface area contributed by atoms with Crippen molar-refractivity contribution in [3.63, 3.8) is 0 Å². The zero-order valence-electron chi connectivity index (χ0n) is 19.0. The van der Waals surface area contributed by atoms with Gasteiger partial charge in [0.25, 0.3) is 0 Å². The third-order valence-electron chi connectivity index (χ3n) is 6.32. The van der Waals surface area contributed by atoms with Gasteiger partial charge in [0, 0.05) is 28.6 Å². The van der Waals surface area contributed by atoms with E-state index in [0.29, 0.717) is 5.69 Å². The highest BCUT2D eigenvalue weighted by molar-refractivity contribution is 7.86. The second-order valence-corrected chi connectivity index (χ2v) is 10.5. The Labute approximate surface area is 197 Å². The van der Waals surface area contributed by atoms with E-state index in [0.717, 1.165) is 57.8 Å². The van der Waals surface area contributed by atoms with Crippen LogP contribution in [0.4, 0.5) is 10.1 Å². The molecule has 1 unspecified atom stereocenters. The topological polar surface area (TPSA) is 95.6 Å². The number of carbonyl (C=O) groups excluding carboxylic acids is 3. The summed E-state index contributed by atoms with van der Waals surface area (Å²) in [5.41, 5.74) is 0.396. The molecule has 3 amide bonds. The molecular formula is C24H34FN3O4S. The van der Waals surface area contributed by atoms with Crippen LogP contribution in [0, 0.1) is 5.82 Å². The molecular weight excluding hydrogens is 445 g/mol. The van der Waals surface area contributed by atoms with Gasteiger partial charge in [-0.15, -0.1) is 0 Å². The Hall–Kier alpha value is -2.29. The number of hydrogen-bond donors (Lipinski definition) is 2. The molecule has 7 nitrogen and oxygen atoms in total. The van der Waals surface area contributed by atoms with Gasteiger partial charge in [-0.2, -0.15) is 0 Å². The molecule has 3 rings (SSSR count). The first kappa shape index (κ1) is 25.3. The molecule has 2 N–H and O–H groups in total. The second-order valence-electron chi connectivity index (χ2n) is 9.00. The molecule has 2 saturated carbocycles.